The number of methoxy groups -OCH3 is 1. The van der Waals surface area contributed by atoms with Gasteiger partial charge in [-0.1, -0.05) is 0 Å². The fourth-order valence-corrected chi connectivity index (χ4v) is 2.08. The molecule has 0 aromatic carbocycles. The molecule has 0 bridgehead atoms. The van der Waals surface area contributed by atoms with Crippen molar-refractivity contribution in [3.05, 3.63) is 0 Å². The van der Waals surface area contributed by atoms with Gasteiger partial charge in [0.05, 0.1) is 13.7 Å². The highest BCUT2D eigenvalue weighted by Gasteiger charge is 2.35. The zero-order chi connectivity index (χ0) is 13.0. The Morgan fingerprint density at radius 1 is 1.47 bits per heavy atom. The molecule has 6 nitrogen and oxygen atoms in total. The van der Waals surface area contributed by atoms with Gasteiger partial charge in [-0.15, -0.1) is 0 Å². The first kappa shape index (κ1) is 13.9. The van der Waals surface area contributed by atoms with Crippen molar-refractivity contribution in [2.24, 2.45) is 0 Å². The zero-order valence-electron chi connectivity index (χ0n) is 10.9. The van der Waals surface area contributed by atoms with Crippen molar-refractivity contribution in [3.8, 4) is 0 Å². The van der Waals surface area contributed by atoms with Crippen molar-refractivity contribution in [2.45, 2.75) is 18.5 Å². The molecule has 2 atom stereocenters. The van der Waals surface area contributed by atoms with Crippen LogP contribution < -0.4 is 5.32 Å². The summed E-state index contributed by atoms with van der Waals surface area (Å²) in [6.07, 6.45) is 0.613. The van der Waals surface area contributed by atoms with Crippen molar-refractivity contribution in [2.75, 3.05) is 41.3 Å². The SMILES string of the molecule is COC(=O)C1CC(NC(=O)CN(C)C)CN1C. The van der Waals surface area contributed by atoms with Gasteiger partial charge in [0.1, 0.15) is 6.04 Å². The van der Waals surface area contributed by atoms with Crippen LogP contribution in [0.4, 0.5) is 0 Å². The van der Waals surface area contributed by atoms with Crippen LogP contribution in [0.1, 0.15) is 6.42 Å². The van der Waals surface area contributed by atoms with Crippen LogP contribution >= 0.6 is 0 Å². The monoisotopic (exact) mass is 243 g/mol. The molecule has 1 aliphatic rings. The van der Waals surface area contributed by atoms with E-state index in [0.717, 1.165) is 0 Å². The number of carbonyl (C=O) groups is 2. The summed E-state index contributed by atoms with van der Waals surface area (Å²) in [5.74, 6) is -0.254. The number of nitrogens with zero attached hydrogens (tertiary/aromatic N) is 2. The minimum Gasteiger partial charge on any atom is -0.468 e. The standard InChI is InChI=1S/C11H21N3O3/c1-13(2)7-10(15)12-8-5-9(11(16)17-4)14(3)6-8/h8-9H,5-7H2,1-4H3,(H,12,15). The second kappa shape index (κ2) is 5.97. The van der Waals surface area contributed by atoms with Crippen LogP contribution in [-0.4, -0.2) is 75.1 Å². The average molecular weight is 243 g/mol. The molecule has 1 heterocycles. The number of esters is 1. The maximum Gasteiger partial charge on any atom is 0.323 e. The van der Waals surface area contributed by atoms with E-state index >= 15 is 0 Å². The lowest BCUT2D eigenvalue weighted by Crippen LogP contribution is -2.41. The van der Waals surface area contributed by atoms with Crippen molar-refractivity contribution in [1.29, 1.82) is 0 Å². The Labute approximate surface area is 102 Å². The van der Waals surface area contributed by atoms with Gasteiger partial charge in [-0.3, -0.25) is 14.5 Å². The maximum absolute atomic E-state index is 11.6. The van der Waals surface area contributed by atoms with Gasteiger partial charge in [0, 0.05) is 12.6 Å². The lowest BCUT2D eigenvalue weighted by atomic mass is 10.1. The maximum atomic E-state index is 11.6. The molecule has 0 aromatic rings. The Kier molecular flexibility index (Phi) is 4.89. The molecular weight excluding hydrogens is 222 g/mol. The molecule has 2 unspecified atom stereocenters. The van der Waals surface area contributed by atoms with Gasteiger partial charge in [-0.25, -0.2) is 0 Å². The molecular formula is C11H21N3O3. The summed E-state index contributed by atoms with van der Waals surface area (Å²) in [5.41, 5.74) is 0. The van der Waals surface area contributed by atoms with Crippen LogP contribution in [0.3, 0.4) is 0 Å². The molecule has 6 heteroatoms. The number of carbonyl (C=O) groups excluding carboxylic acids is 2. The third-order valence-corrected chi connectivity index (χ3v) is 2.85. The number of likely N-dealkylation sites (N-methyl/N-ethyl adjacent to an activating group) is 2. The van der Waals surface area contributed by atoms with Gasteiger partial charge in [-0.05, 0) is 27.6 Å². The number of rotatable bonds is 4. The van der Waals surface area contributed by atoms with E-state index in [1.807, 2.05) is 30.9 Å². The number of amides is 1. The molecule has 0 saturated carbocycles. The fourth-order valence-electron chi connectivity index (χ4n) is 2.08. The van der Waals surface area contributed by atoms with Gasteiger partial charge in [0.15, 0.2) is 0 Å². The Morgan fingerprint density at radius 2 is 2.12 bits per heavy atom. The summed E-state index contributed by atoms with van der Waals surface area (Å²) in [7, 11) is 6.93. The zero-order valence-corrected chi connectivity index (χ0v) is 10.9. The molecule has 0 aromatic heterocycles. The average Bonchev–Trinajstić information content (AvgIpc) is 2.56. The van der Waals surface area contributed by atoms with Crippen molar-refractivity contribution in [1.82, 2.24) is 15.1 Å². The van der Waals surface area contributed by atoms with Crippen LogP contribution in [0, 0.1) is 0 Å². The Bertz CT molecular complexity index is 294. The Balaban J connectivity index is 2.43. The highest BCUT2D eigenvalue weighted by molar-refractivity contribution is 5.79. The topological polar surface area (TPSA) is 61.9 Å². The van der Waals surface area contributed by atoms with E-state index in [0.29, 0.717) is 19.5 Å². The Morgan fingerprint density at radius 3 is 2.65 bits per heavy atom. The van der Waals surface area contributed by atoms with E-state index in [2.05, 4.69) is 5.32 Å². The van der Waals surface area contributed by atoms with E-state index in [1.54, 1.807) is 0 Å². The molecule has 1 aliphatic heterocycles. The van der Waals surface area contributed by atoms with Crippen LogP contribution in [0.25, 0.3) is 0 Å². The van der Waals surface area contributed by atoms with Gasteiger partial charge in [0.2, 0.25) is 5.91 Å². The molecule has 1 N–H and O–H groups in total. The molecule has 0 aliphatic carbocycles. The summed E-state index contributed by atoms with van der Waals surface area (Å²) in [6.45, 7) is 1.04. The van der Waals surface area contributed by atoms with E-state index in [9.17, 15) is 9.59 Å². The summed E-state index contributed by atoms with van der Waals surface area (Å²) < 4.78 is 4.72. The Hall–Kier alpha value is -1.14. The number of nitrogens with one attached hydrogen (secondary N) is 1. The van der Waals surface area contributed by atoms with Gasteiger partial charge >= 0.3 is 5.97 Å². The highest BCUT2D eigenvalue weighted by Crippen LogP contribution is 2.16. The van der Waals surface area contributed by atoms with Gasteiger partial charge in [0.25, 0.3) is 0 Å². The van der Waals surface area contributed by atoms with Gasteiger partial charge in [-0.2, -0.15) is 0 Å². The minimum atomic E-state index is -0.246. The molecule has 0 radical (unpaired) electrons. The van der Waals surface area contributed by atoms with E-state index in [4.69, 9.17) is 4.74 Å². The molecule has 1 amide bonds. The molecule has 17 heavy (non-hydrogen) atoms. The lowest BCUT2D eigenvalue weighted by Gasteiger charge is -2.15. The van der Waals surface area contributed by atoms with Crippen LogP contribution in [0.15, 0.2) is 0 Å². The molecule has 1 fully saturated rings. The normalized spacial score (nSPS) is 25.0. The summed E-state index contributed by atoms with van der Waals surface area (Å²) in [5, 5.41) is 2.92. The second-order valence-corrected chi connectivity index (χ2v) is 4.72. The first-order chi connectivity index (χ1) is 7.93. The largest absolute Gasteiger partial charge is 0.468 e. The first-order valence-corrected chi connectivity index (χ1v) is 5.66. The lowest BCUT2D eigenvalue weighted by molar-refractivity contribution is -0.145. The number of likely N-dealkylation sites (tertiary alicyclic amines) is 1. The van der Waals surface area contributed by atoms with Crippen LogP contribution in [0.5, 0.6) is 0 Å². The molecule has 0 spiro atoms. The third kappa shape index (κ3) is 3.98. The summed E-state index contributed by atoms with van der Waals surface area (Å²) in [4.78, 5) is 26.7. The number of hydrogen-bond donors (Lipinski definition) is 1. The minimum absolute atomic E-state index is 0.0149. The first-order valence-electron chi connectivity index (χ1n) is 5.66. The van der Waals surface area contributed by atoms with Crippen molar-refractivity contribution in [3.63, 3.8) is 0 Å². The number of hydrogen-bond acceptors (Lipinski definition) is 5. The number of ether oxygens (including phenoxy) is 1. The van der Waals surface area contributed by atoms with E-state index in [1.165, 1.54) is 7.11 Å². The molecule has 1 rings (SSSR count). The molecule has 98 valence electrons. The van der Waals surface area contributed by atoms with Crippen LogP contribution in [-0.2, 0) is 14.3 Å². The summed E-state index contributed by atoms with van der Waals surface area (Å²) in [6, 6.07) is -0.221. The quantitative estimate of drug-likeness (QED) is 0.636. The predicted molar refractivity (Wildman–Crippen MR) is 63.5 cm³/mol. The van der Waals surface area contributed by atoms with E-state index in [-0.39, 0.29) is 24.0 Å². The predicted octanol–water partition coefficient (Wildman–Crippen LogP) is -1.09. The van der Waals surface area contributed by atoms with Crippen molar-refractivity contribution < 1.29 is 14.3 Å². The van der Waals surface area contributed by atoms with Gasteiger partial charge < -0.3 is 15.0 Å². The smallest absolute Gasteiger partial charge is 0.323 e. The van der Waals surface area contributed by atoms with Crippen molar-refractivity contribution >= 4 is 11.9 Å². The van der Waals surface area contributed by atoms with Crippen LogP contribution in [0.2, 0.25) is 0 Å². The molecule has 1 saturated heterocycles. The second-order valence-electron chi connectivity index (χ2n) is 4.72. The van der Waals surface area contributed by atoms with E-state index < -0.39 is 0 Å². The third-order valence-electron chi connectivity index (χ3n) is 2.85. The highest BCUT2D eigenvalue weighted by atomic mass is 16.5. The summed E-state index contributed by atoms with van der Waals surface area (Å²) >= 11 is 0. The fraction of sp³-hybridized carbons (Fsp3) is 0.818.